The molecule has 0 aliphatic carbocycles. The molecule has 4 rings (SSSR count). The summed E-state index contributed by atoms with van der Waals surface area (Å²) in [6.45, 7) is 4.68. The van der Waals surface area contributed by atoms with Gasteiger partial charge in [0.15, 0.2) is 11.5 Å². The molecule has 1 N–H and O–H groups in total. The first-order valence-electron chi connectivity index (χ1n) is 9.91. The third-order valence-corrected chi connectivity index (χ3v) is 5.24. The summed E-state index contributed by atoms with van der Waals surface area (Å²) >= 11 is 0. The zero-order valence-electron chi connectivity index (χ0n) is 18.0. The van der Waals surface area contributed by atoms with E-state index >= 15 is 0 Å². The van der Waals surface area contributed by atoms with Gasteiger partial charge in [0, 0.05) is 17.8 Å². The van der Waals surface area contributed by atoms with Crippen molar-refractivity contribution in [3.05, 3.63) is 48.8 Å². The summed E-state index contributed by atoms with van der Waals surface area (Å²) in [4.78, 5) is 13.1. The van der Waals surface area contributed by atoms with Crippen LogP contribution in [0.5, 0.6) is 23.0 Å². The van der Waals surface area contributed by atoms with Crippen LogP contribution in [0.3, 0.4) is 0 Å². The van der Waals surface area contributed by atoms with Crippen molar-refractivity contribution < 1.29 is 23.7 Å². The first-order valence-corrected chi connectivity index (χ1v) is 9.91. The highest BCUT2D eigenvalue weighted by molar-refractivity contribution is 5.97. The molecular formula is C23H25N3O5. The number of benzene rings is 2. The highest BCUT2D eigenvalue weighted by Gasteiger charge is 2.31. The lowest BCUT2D eigenvalue weighted by Gasteiger charge is -2.25. The Morgan fingerprint density at radius 3 is 2.55 bits per heavy atom. The molecule has 0 spiro atoms. The van der Waals surface area contributed by atoms with E-state index < -0.39 is 5.54 Å². The first kappa shape index (κ1) is 20.6. The largest absolute Gasteiger partial charge is 0.497 e. The molecule has 1 aliphatic rings. The monoisotopic (exact) mass is 423 g/mol. The number of carbonyl (C=O) groups is 1. The molecule has 31 heavy (non-hydrogen) atoms. The first-order chi connectivity index (χ1) is 14.9. The Balaban J connectivity index is 1.55. The van der Waals surface area contributed by atoms with Crippen LogP contribution in [0.4, 0.5) is 5.69 Å². The second-order valence-corrected chi connectivity index (χ2v) is 7.61. The van der Waals surface area contributed by atoms with Crippen LogP contribution >= 0.6 is 0 Å². The van der Waals surface area contributed by atoms with Crippen LogP contribution in [0.15, 0.2) is 48.8 Å². The Kier molecular flexibility index (Phi) is 5.46. The number of hydrogen-bond donors (Lipinski definition) is 1. The fourth-order valence-corrected chi connectivity index (χ4v) is 3.28. The van der Waals surface area contributed by atoms with E-state index in [0.717, 1.165) is 16.9 Å². The number of amides is 1. The van der Waals surface area contributed by atoms with E-state index in [2.05, 4.69) is 10.4 Å². The number of ether oxygens (including phenoxy) is 4. The van der Waals surface area contributed by atoms with Crippen LogP contribution in [-0.2, 0) is 10.3 Å². The highest BCUT2D eigenvalue weighted by Crippen LogP contribution is 2.35. The summed E-state index contributed by atoms with van der Waals surface area (Å²) in [6, 6.07) is 11.0. The summed E-state index contributed by atoms with van der Waals surface area (Å²) in [5.74, 6) is 2.37. The minimum atomic E-state index is -0.947. The maximum Gasteiger partial charge on any atom is 0.251 e. The van der Waals surface area contributed by atoms with Gasteiger partial charge in [-0.3, -0.25) is 9.48 Å². The molecule has 3 aromatic rings. The lowest BCUT2D eigenvalue weighted by atomic mass is 10.0. The average Bonchev–Trinajstić information content (AvgIpc) is 3.30. The molecule has 0 bridgehead atoms. The van der Waals surface area contributed by atoms with Crippen molar-refractivity contribution in [2.45, 2.75) is 19.4 Å². The topological polar surface area (TPSA) is 83.8 Å². The molecule has 0 saturated carbocycles. The second-order valence-electron chi connectivity index (χ2n) is 7.61. The lowest BCUT2D eigenvalue weighted by Crippen LogP contribution is -2.40. The molecule has 0 radical (unpaired) electrons. The zero-order chi connectivity index (χ0) is 22.0. The van der Waals surface area contributed by atoms with Gasteiger partial charge >= 0.3 is 0 Å². The van der Waals surface area contributed by atoms with E-state index in [-0.39, 0.29) is 5.91 Å². The minimum absolute atomic E-state index is 0.229. The number of methoxy groups -OCH3 is 2. The lowest BCUT2D eigenvalue weighted by molar-refractivity contribution is -0.123. The third kappa shape index (κ3) is 4.01. The zero-order valence-corrected chi connectivity index (χ0v) is 18.0. The van der Waals surface area contributed by atoms with Crippen molar-refractivity contribution in [3.8, 4) is 34.1 Å². The summed E-state index contributed by atoms with van der Waals surface area (Å²) < 4.78 is 23.5. The Morgan fingerprint density at radius 1 is 1.03 bits per heavy atom. The van der Waals surface area contributed by atoms with Gasteiger partial charge in [0.25, 0.3) is 5.91 Å². The molecule has 2 heterocycles. The van der Waals surface area contributed by atoms with E-state index in [1.54, 1.807) is 57.1 Å². The van der Waals surface area contributed by atoms with Crippen LogP contribution < -0.4 is 24.3 Å². The van der Waals surface area contributed by atoms with Gasteiger partial charge in [0.05, 0.1) is 26.1 Å². The quantitative estimate of drug-likeness (QED) is 0.651. The van der Waals surface area contributed by atoms with Gasteiger partial charge in [-0.25, -0.2) is 0 Å². The number of fused-ring (bicyclic) bond motifs is 1. The molecule has 8 nitrogen and oxygen atoms in total. The fraction of sp³-hybridized carbons (Fsp3) is 0.304. The third-order valence-electron chi connectivity index (χ3n) is 5.24. The Bertz CT molecular complexity index is 1110. The molecule has 1 aliphatic heterocycles. The Hall–Kier alpha value is -3.68. The van der Waals surface area contributed by atoms with Crippen molar-refractivity contribution in [1.29, 1.82) is 0 Å². The molecule has 1 aromatic heterocycles. The summed E-state index contributed by atoms with van der Waals surface area (Å²) in [5.41, 5.74) is 1.42. The van der Waals surface area contributed by atoms with Crippen LogP contribution in [0.1, 0.15) is 13.8 Å². The van der Waals surface area contributed by atoms with Gasteiger partial charge in [-0.2, -0.15) is 5.10 Å². The Morgan fingerprint density at radius 2 is 1.81 bits per heavy atom. The van der Waals surface area contributed by atoms with Crippen molar-refractivity contribution in [3.63, 3.8) is 0 Å². The molecule has 8 heteroatoms. The molecule has 0 fully saturated rings. The van der Waals surface area contributed by atoms with Crippen molar-refractivity contribution >= 4 is 11.6 Å². The summed E-state index contributed by atoms with van der Waals surface area (Å²) in [7, 11) is 3.12. The molecule has 2 aromatic carbocycles. The van der Waals surface area contributed by atoms with Crippen molar-refractivity contribution in [2.75, 3.05) is 32.8 Å². The summed E-state index contributed by atoms with van der Waals surface area (Å²) in [5, 5.41) is 7.37. The van der Waals surface area contributed by atoms with Gasteiger partial charge in [-0.15, -0.1) is 0 Å². The van der Waals surface area contributed by atoms with E-state index in [0.29, 0.717) is 36.1 Å². The van der Waals surface area contributed by atoms with Gasteiger partial charge < -0.3 is 24.3 Å². The van der Waals surface area contributed by atoms with Crippen LogP contribution in [0.25, 0.3) is 11.1 Å². The van der Waals surface area contributed by atoms with E-state index in [9.17, 15) is 4.79 Å². The van der Waals surface area contributed by atoms with Crippen LogP contribution in [0.2, 0.25) is 0 Å². The van der Waals surface area contributed by atoms with Gasteiger partial charge in [-0.1, -0.05) is 6.07 Å². The van der Waals surface area contributed by atoms with E-state index in [1.165, 1.54) is 0 Å². The number of carbonyl (C=O) groups excluding carboxylic acids is 1. The van der Waals surface area contributed by atoms with Gasteiger partial charge in [-0.05, 0) is 43.7 Å². The Labute approximate surface area is 180 Å². The number of nitrogens with one attached hydrogen (secondary N) is 1. The number of nitrogens with zero attached hydrogens (tertiary/aromatic N) is 2. The maximum absolute atomic E-state index is 13.1. The highest BCUT2D eigenvalue weighted by atomic mass is 16.6. The molecule has 162 valence electrons. The minimum Gasteiger partial charge on any atom is -0.497 e. The predicted molar refractivity (Wildman–Crippen MR) is 116 cm³/mol. The fourth-order valence-electron chi connectivity index (χ4n) is 3.28. The summed E-state index contributed by atoms with van der Waals surface area (Å²) in [6.07, 6.45) is 3.57. The second kappa shape index (κ2) is 8.22. The van der Waals surface area contributed by atoms with E-state index in [1.807, 2.05) is 24.4 Å². The molecular weight excluding hydrogens is 398 g/mol. The average molecular weight is 423 g/mol. The smallest absolute Gasteiger partial charge is 0.251 e. The number of anilines is 1. The molecule has 0 unspecified atom stereocenters. The SMILES string of the molecule is COc1ccc(NC(=O)C(C)(C)n2cc(-c3ccc4c(c3)OCCO4)cn2)c(OC)c1. The molecule has 0 atom stereocenters. The van der Waals surface area contributed by atoms with Crippen LogP contribution in [0, 0.1) is 0 Å². The molecule has 1 amide bonds. The van der Waals surface area contributed by atoms with E-state index in [4.69, 9.17) is 18.9 Å². The van der Waals surface area contributed by atoms with Crippen molar-refractivity contribution in [2.24, 2.45) is 0 Å². The normalized spacial score (nSPS) is 12.9. The van der Waals surface area contributed by atoms with Crippen molar-refractivity contribution in [1.82, 2.24) is 9.78 Å². The number of hydrogen-bond acceptors (Lipinski definition) is 6. The number of rotatable bonds is 6. The maximum atomic E-state index is 13.1. The standard InChI is InChI=1S/C23H25N3O5/c1-23(2,22(27)25-18-7-6-17(28-3)12-20(18)29-4)26-14-16(13-24-26)15-5-8-19-21(11-15)31-10-9-30-19/h5-8,11-14H,9-10H2,1-4H3,(H,25,27). The van der Waals surface area contributed by atoms with Crippen LogP contribution in [-0.4, -0.2) is 43.1 Å². The molecule has 0 saturated heterocycles. The van der Waals surface area contributed by atoms with Gasteiger partial charge in [0.2, 0.25) is 0 Å². The number of aromatic nitrogens is 2. The van der Waals surface area contributed by atoms with Gasteiger partial charge in [0.1, 0.15) is 30.3 Å². The predicted octanol–water partition coefficient (Wildman–Crippen LogP) is 3.71.